The predicted octanol–water partition coefficient (Wildman–Crippen LogP) is 5.59. The molecular formula is C16H35IO3Si. The second-order valence-corrected chi connectivity index (χ2v) is 9.79. The Hall–Kier alpha value is 0.827. The van der Waals surface area contributed by atoms with Gasteiger partial charge in [-0.05, 0) is 17.3 Å². The lowest BCUT2D eigenvalue weighted by Gasteiger charge is -2.24. The number of halogens is 1. The van der Waals surface area contributed by atoms with E-state index in [2.05, 4.69) is 22.6 Å². The second-order valence-electron chi connectivity index (χ2n) is 5.62. The van der Waals surface area contributed by atoms with Gasteiger partial charge in [0.05, 0.1) is 0 Å². The van der Waals surface area contributed by atoms with Crippen LogP contribution in [0.4, 0.5) is 0 Å². The molecule has 0 aromatic heterocycles. The van der Waals surface area contributed by atoms with Gasteiger partial charge in [0.1, 0.15) is 0 Å². The average molecular weight is 430 g/mol. The van der Waals surface area contributed by atoms with Crippen LogP contribution in [0, 0.1) is 0 Å². The van der Waals surface area contributed by atoms with Gasteiger partial charge in [-0.2, -0.15) is 0 Å². The Kier molecular flexibility index (Phi) is 16.3. The van der Waals surface area contributed by atoms with E-state index in [9.17, 15) is 0 Å². The number of unbranched alkanes of at least 4 members (excludes halogenated alkanes) is 10. The van der Waals surface area contributed by atoms with E-state index in [0.29, 0.717) is 0 Å². The Morgan fingerprint density at radius 1 is 0.571 bits per heavy atom. The number of hydrogen-bond acceptors (Lipinski definition) is 3. The van der Waals surface area contributed by atoms with Gasteiger partial charge in [0.15, 0.2) is 0 Å². The highest BCUT2D eigenvalue weighted by atomic mass is 127. The molecular weight excluding hydrogens is 395 g/mol. The maximum absolute atomic E-state index is 5.43. The lowest BCUT2D eigenvalue weighted by Crippen LogP contribution is -2.42. The lowest BCUT2D eigenvalue weighted by molar-refractivity contribution is 0.122. The number of alkyl halides is 1. The Bertz CT molecular complexity index is 205. The largest absolute Gasteiger partial charge is 0.500 e. The van der Waals surface area contributed by atoms with E-state index in [0.717, 1.165) is 12.5 Å². The maximum Gasteiger partial charge on any atom is 0.500 e. The monoisotopic (exact) mass is 430 g/mol. The van der Waals surface area contributed by atoms with Gasteiger partial charge in [-0.3, -0.25) is 0 Å². The third kappa shape index (κ3) is 12.0. The zero-order chi connectivity index (χ0) is 15.8. The molecule has 0 N–H and O–H groups in total. The van der Waals surface area contributed by atoms with E-state index < -0.39 is 8.80 Å². The molecule has 0 aliphatic heterocycles. The summed E-state index contributed by atoms with van der Waals surface area (Å²) in [4.78, 5) is 0. The van der Waals surface area contributed by atoms with Gasteiger partial charge >= 0.3 is 8.80 Å². The highest BCUT2D eigenvalue weighted by molar-refractivity contribution is 14.1. The van der Waals surface area contributed by atoms with E-state index in [4.69, 9.17) is 13.3 Å². The first-order valence-corrected chi connectivity index (χ1v) is 11.9. The zero-order valence-corrected chi connectivity index (χ0v) is 17.5. The molecule has 0 spiro atoms. The molecule has 0 unspecified atom stereocenters. The van der Waals surface area contributed by atoms with Crippen molar-refractivity contribution in [2.45, 2.75) is 76.7 Å². The molecule has 0 aliphatic carbocycles. The van der Waals surface area contributed by atoms with Crippen LogP contribution in [0.25, 0.3) is 0 Å². The molecule has 0 saturated heterocycles. The van der Waals surface area contributed by atoms with E-state index >= 15 is 0 Å². The minimum absolute atomic E-state index is 0.938. The van der Waals surface area contributed by atoms with Crippen molar-refractivity contribution < 1.29 is 13.3 Å². The summed E-state index contributed by atoms with van der Waals surface area (Å²) >= 11 is 2.47. The molecule has 0 fully saturated rings. The summed E-state index contributed by atoms with van der Waals surface area (Å²) in [6.45, 7) is 0. The fraction of sp³-hybridized carbons (Fsp3) is 1.00. The Morgan fingerprint density at radius 2 is 0.905 bits per heavy atom. The van der Waals surface area contributed by atoms with Crippen LogP contribution in [0.15, 0.2) is 0 Å². The Balaban J connectivity index is 3.29. The number of hydrogen-bond donors (Lipinski definition) is 0. The molecule has 0 atom stereocenters. The molecule has 0 amide bonds. The summed E-state index contributed by atoms with van der Waals surface area (Å²) in [5.74, 6) is 0. The first-order valence-electron chi connectivity index (χ1n) is 8.46. The van der Waals surface area contributed by atoms with Crippen LogP contribution < -0.4 is 0 Å². The molecule has 3 nitrogen and oxygen atoms in total. The van der Waals surface area contributed by atoms with Crippen molar-refractivity contribution in [2.75, 3.05) is 25.8 Å². The summed E-state index contributed by atoms with van der Waals surface area (Å²) in [5.41, 5.74) is 0. The highest BCUT2D eigenvalue weighted by Gasteiger charge is 2.36. The molecule has 0 radical (unpaired) electrons. The van der Waals surface area contributed by atoms with E-state index in [1.54, 1.807) is 21.3 Å². The fourth-order valence-corrected chi connectivity index (χ4v) is 4.92. The normalized spacial score (nSPS) is 12.0. The van der Waals surface area contributed by atoms with Crippen molar-refractivity contribution in [1.82, 2.24) is 0 Å². The van der Waals surface area contributed by atoms with E-state index in [1.807, 2.05) is 0 Å². The second kappa shape index (κ2) is 15.7. The SMILES string of the molecule is CO[Si](CCCCCCCCCCCCCI)(OC)OC. The molecule has 21 heavy (non-hydrogen) atoms. The van der Waals surface area contributed by atoms with Crippen LogP contribution in [0.3, 0.4) is 0 Å². The lowest BCUT2D eigenvalue weighted by atomic mass is 10.1. The van der Waals surface area contributed by atoms with Gasteiger partial charge in [-0.25, -0.2) is 0 Å². The molecule has 0 aliphatic rings. The molecule has 0 saturated carbocycles. The zero-order valence-electron chi connectivity index (χ0n) is 14.3. The third-order valence-electron chi connectivity index (χ3n) is 4.05. The fourth-order valence-electron chi connectivity index (χ4n) is 2.58. The molecule has 0 aromatic rings. The highest BCUT2D eigenvalue weighted by Crippen LogP contribution is 2.18. The van der Waals surface area contributed by atoms with Gasteiger partial charge in [-0.15, -0.1) is 0 Å². The van der Waals surface area contributed by atoms with Gasteiger partial charge in [0, 0.05) is 27.4 Å². The summed E-state index contributed by atoms with van der Waals surface area (Å²) in [5, 5.41) is 0. The molecule has 128 valence electrons. The van der Waals surface area contributed by atoms with Crippen LogP contribution in [0.2, 0.25) is 6.04 Å². The van der Waals surface area contributed by atoms with Gasteiger partial charge in [0.25, 0.3) is 0 Å². The predicted molar refractivity (Wildman–Crippen MR) is 101 cm³/mol. The Labute approximate surface area is 147 Å². The maximum atomic E-state index is 5.43. The molecule has 0 rings (SSSR count). The van der Waals surface area contributed by atoms with Crippen molar-refractivity contribution in [2.24, 2.45) is 0 Å². The van der Waals surface area contributed by atoms with Gasteiger partial charge in [-0.1, -0.05) is 80.4 Å². The van der Waals surface area contributed by atoms with Crippen LogP contribution in [-0.2, 0) is 13.3 Å². The van der Waals surface area contributed by atoms with Crippen LogP contribution in [0.5, 0.6) is 0 Å². The van der Waals surface area contributed by atoms with Crippen LogP contribution >= 0.6 is 22.6 Å². The van der Waals surface area contributed by atoms with Crippen molar-refractivity contribution in [3.63, 3.8) is 0 Å². The van der Waals surface area contributed by atoms with Gasteiger partial charge in [0.2, 0.25) is 0 Å². The molecule has 0 aromatic carbocycles. The number of rotatable bonds is 16. The molecule has 0 bridgehead atoms. The van der Waals surface area contributed by atoms with Crippen LogP contribution in [-0.4, -0.2) is 34.6 Å². The summed E-state index contributed by atoms with van der Waals surface area (Å²) in [6, 6.07) is 0.938. The Morgan fingerprint density at radius 3 is 1.24 bits per heavy atom. The average Bonchev–Trinajstić information content (AvgIpc) is 2.53. The minimum atomic E-state index is -2.32. The van der Waals surface area contributed by atoms with Gasteiger partial charge < -0.3 is 13.3 Å². The topological polar surface area (TPSA) is 27.7 Å². The first-order chi connectivity index (χ1) is 10.2. The van der Waals surface area contributed by atoms with Crippen molar-refractivity contribution in [3.05, 3.63) is 0 Å². The molecule has 0 heterocycles. The summed E-state index contributed by atoms with van der Waals surface area (Å²) in [6.07, 6.45) is 15.0. The third-order valence-corrected chi connectivity index (χ3v) is 7.64. The van der Waals surface area contributed by atoms with Crippen molar-refractivity contribution >= 4 is 31.4 Å². The summed E-state index contributed by atoms with van der Waals surface area (Å²) < 4.78 is 17.6. The molecule has 5 heteroatoms. The van der Waals surface area contributed by atoms with E-state index in [1.165, 1.54) is 68.6 Å². The first kappa shape index (κ1) is 21.8. The van der Waals surface area contributed by atoms with Crippen molar-refractivity contribution in [1.29, 1.82) is 0 Å². The minimum Gasteiger partial charge on any atom is -0.377 e. The standard InChI is InChI=1S/C16H35IO3Si/c1-18-21(19-2,20-3)16-14-12-10-8-6-4-5-7-9-11-13-15-17/h4-16H2,1-3H3. The summed E-state index contributed by atoms with van der Waals surface area (Å²) in [7, 11) is 2.77. The smallest absolute Gasteiger partial charge is 0.377 e. The van der Waals surface area contributed by atoms with Crippen LogP contribution in [0.1, 0.15) is 70.6 Å². The van der Waals surface area contributed by atoms with Crippen molar-refractivity contribution in [3.8, 4) is 0 Å². The quantitative estimate of drug-likeness (QED) is 0.138. The van der Waals surface area contributed by atoms with E-state index in [-0.39, 0.29) is 0 Å².